The first-order valence-electron chi connectivity index (χ1n) is 6.10. The summed E-state index contributed by atoms with van der Waals surface area (Å²) in [6, 6.07) is 2.66. The molecule has 0 saturated carbocycles. The Balaban J connectivity index is 2.78. The van der Waals surface area contributed by atoms with Gasteiger partial charge in [0.2, 0.25) is 0 Å². The molecule has 0 aromatic carbocycles. The van der Waals surface area contributed by atoms with Crippen LogP contribution in [0.25, 0.3) is 0 Å². The Morgan fingerprint density at radius 3 is 2.75 bits per heavy atom. The van der Waals surface area contributed by atoms with Crippen LogP contribution in [0, 0.1) is 0 Å². The van der Waals surface area contributed by atoms with E-state index in [1.807, 2.05) is 12.3 Å². The molecule has 1 heterocycles. The SMILES string of the molecule is CCCCC(NC(C)C)c1cnccc1N. The number of nitrogen functional groups attached to an aromatic ring is 1. The van der Waals surface area contributed by atoms with Crippen LogP contribution in [-0.4, -0.2) is 11.0 Å². The van der Waals surface area contributed by atoms with Crippen LogP contribution in [0.5, 0.6) is 0 Å². The van der Waals surface area contributed by atoms with Gasteiger partial charge in [0.05, 0.1) is 0 Å². The van der Waals surface area contributed by atoms with Crippen molar-refractivity contribution in [1.29, 1.82) is 0 Å². The fraction of sp³-hybridized carbons (Fsp3) is 0.615. The van der Waals surface area contributed by atoms with Crippen molar-refractivity contribution in [3.63, 3.8) is 0 Å². The summed E-state index contributed by atoms with van der Waals surface area (Å²) in [5.74, 6) is 0. The molecule has 1 aromatic heterocycles. The van der Waals surface area contributed by atoms with Crippen LogP contribution in [0.3, 0.4) is 0 Å². The van der Waals surface area contributed by atoms with Crippen LogP contribution < -0.4 is 11.1 Å². The number of pyridine rings is 1. The fourth-order valence-corrected chi connectivity index (χ4v) is 1.85. The molecule has 1 rings (SSSR count). The predicted molar refractivity (Wildman–Crippen MR) is 69.2 cm³/mol. The van der Waals surface area contributed by atoms with E-state index < -0.39 is 0 Å². The average Bonchev–Trinajstić information content (AvgIpc) is 2.24. The fourth-order valence-electron chi connectivity index (χ4n) is 1.85. The largest absolute Gasteiger partial charge is 0.398 e. The van der Waals surface area contributed by atoms with Gasteiger partial charge in [0.15, 0.2) is 0 Å². The lowest BCUT2D eigenvalue weighted by atomic mass is 10.0. The number of unbranched alkanes of at least 4 members (excludes halogenated alkanes) is 1. The minimum absolute atomic E-state index is 0.327. The molecule has 0 radical (unpaired) electrons. The highest BCUT2D eigenvalue weighted by Crippen LogP contribution is 2.24. The van der Waals surface area contributed by atoms with Crippen molar-refractivity contribution in [3.8, 4) is 0 Å². The summed E-state index contributed by atoms with van der Waals surface area (Å²) in [4.78, 5) is 4.16. The van der Waals surface area contributed by atoms with Crippen molar-refractivity contribution in [1.82, 2.24) is 10.3 Å². The maximum Gasteiger partial charge on any atom is 0.0393 e. The molecule has 1 atom stereocenters. The molecule has 0 saturated heterocycles. The zero-order valence-corrected chi connectivity index (χ0v) is 10.5. The average molecular weight is 221 g/mol. The maximum atomic E-state index is 5.99. The quantitative estimate of drug-likeness (QED) is 0.776. The van der Waals surface area contributed by atoms with E-state index in [0.29, 0.717) is 12.1 Å². The molecule has 1 unspecified atom stereocenters. The number of hydrogen-bond donors (Lipinski definition) is 2. The summed E-state index contributed by atoms with van der Waals surface area (Å²) in [5.41, 5.74) is 7.96. The van der Waals surface area contributed by atoms with Gasteiger partial charge in [-0.05, 0) is 12.5 Å². The van der Waals surface area contributed by atoms with Crippen LogP contribution in [0.2, 0.25) is 0 Å². The van der Waals surface area contributed by atoms with Gasteiger partial charge in [0, 0.05) is 35.7 Å². The van der Waals surface area contributed by atoms with E-state index in [4.69, 9.17) is 5.73 Å². The van der Waals surface area contributed by atoms with E-state index in [1.165, 1.54) is 12.8 Å². The third-order valence-electron chi connectivity index (χ3n) is 2.64. The summed E-state index contributed by atoms with van der Waals surface area (Å²) in [5, 5.41) is 3.55. The van der Waals surface area contributed by atoms with Gasteiger partial charge in [-0.25, -0.2) is 0 Å². The topological polar surface area (TPSA) is 50.9 Å². The van der Waals surface area contributed by atoms with Gasteiger partial charge < -0.3 is 11.1 Å². The Labute approximate surface area is 98.5 Å². The molecule has 3 heteroatoms. The number of nitrogens with zero attached hydrogens (tertiary/aromatic N) is 1. The van der Waals surface area contributed by atoms with Crippen LogP contribution in [0.4, 0.5) is 5.69 Å². The highest BCUT2D eigenvalue weighted by atomic mass is 14.9. The summed E-state index contributed by atoms with van der Waals surface area (Å²) in [6.45, 7) is 6.52. The minimum Gasteiger partial charge on any atom is -0.398 e. The van der Waals surface area contributed by atoms with E-state index in [9.17, 15) is 0 Å². The summed E-state index contributed by atoms with van der Waals surface area (Å²) in [6.07, 6.45) is 7.15. The van der Waals surface area contributed by atoms with E-state index in [1.54, 1.807) is 6.20 Å². The molecule has 0 fully saturated rings. The Kier molecular flexibility index (Phi) is 5.26. The van der Waals surface area contributed by atoms with Crippen molar-refractivity contribution >= 4 is 5.69 Å². The van der Waals surface area contributed by atoms with Crippen molar-refractivity contribution in [2.45, 2.75) is 52.1 Å². The molecule has 90 valence electrons. The predicted octanol–water partition coefficient (Wildman–Crippen LogP) is 2.89. The normalized spacial score (nSPS) is 13.0. The molecule has 0 aliphatic heterocycles. The van der Waals surface area contributed by atoms with E-state index >= 15 is 0 Å². The molecular weight excluding hydrogens is 198 g/mol. The van der Waals surface area contributed by atoms with E-state index in [2.05, 4.69) is 31.1 Å². The highest BCUT2D eigenvalue weighted by molar-refractivity contribution is 5.46. The molecule has 3 nitrogen and oxygen atoms in total. The van der Waals surface area contributed by atoms with Crippen LogP contribution in [0.15, 0.2) is 18.5 Å². The maximum absolute atomic E-state index is 5.99. The molecule has 3 N–H and O–H groups in total. The van der Waals surface area contributed by atoms with Gasteiger partial charge in [-0.2, -0.15) is 0 Å². The first-order valence-corrected chi connectivity index (χ1v) is 6.10. The molecule has 0 aliphatic carbocycles. The Hall–Kier alpha value is -1.09. The number of anilines is 1. The van der Waals surface area contributed by atoms with Crippen molar-refractivity contribution in [3.05, 3.63) is 24.0 Å². The van der Waals surface area contributed by atoms with Crippen LogP contribution in [0.1, 0.15) is 51.6 Å². The first-order chi connectivity index (χ1) is 7.65. The van der Waals surface area contributed by atoms with Gasteiger partial charge in [-0.15, -0.1) is 0 Å². The highest BCUT2D eigenvalue weighted by Gasteiger charge is 2.14. The van der Waals surface area contributed by atoms with Gasteiger partial charge >= 0.3 is 0 Å². The number of nitrogens with one attached hydrogen (secondary N) is 1. The lowest BCUT2D eigenvalue weighted by molar-refractivity contribution is 0.440. The number of rotatable bonds is 6. The zero-order chi connectivity index (χ0) is 12.0. The van der Waals surface area contributed by atoms with Crippen LogP contribution >= 0.6 is 0 Å². The zero-order valence-electron chi connectivity index (χ0n) is 10.5. The third kappa shape index (κ3) is 3.81. The molecule has 1 aromatic rings. The number of hydrogen-bond acceptors (Lipinski definition) is 3. The Morgan fingerprint density at radius 2 is 2.19 bits per heavy atom. The van der Waals surface area contributed by atoms with Crippen LogP contribution in [-0.2, 0) is 0 Å². The second kappa shape index (κ2) is 6.48. The minimum atomic E-state index is 0.327. The summed E-state index contributed by atoms with van der Waals surface area (Å²) < 4.78 is 0. The number of aromatic nitrogens is 1. The summed E-state index contributed by atoms with van der Waals surface area (Å²) >= 11 is 0. The van der Waals surface area contributed by atoms with Gasteiger partial charge in [-0.3, -0.25) is 4.98 Å². The molecular formula is C13H23N3. The van der Waals surface area contributed by atoms with Gasteiger partial charge in [0.25, 0.3) is 0 Å². The summed E-state index contributed by atoms with van der Waals surface area (Å²) in [7, 11) is 0. The third-order valence-corrected chi connectivity index (χ3v) is 2.64. The van der Waals surface area contributed by atoms with E-state index in [0.717, 1.165) is 17.7 Å². The van der Waals surface area contributed by atoms with Crippen molar-refractivity contribution in [2.24, 2.45) is 0 Å². The standard InChI is InChI=1S/C13H23N3/c1-4-5-6-13(16-10(2)3)11-9-15-8-7-12(11)14/h7-10,13,16H,4-6H2,1-3H3,(H2,14,15). The monoisotopic (exact) mass is 221 g/mol. The number of nitrogens with two attached hydrogens (primary N) is 1. The van der Waals surface area contributed by atoms with Gasteiger partial charge in [0.1, 0.15) is 0 Å². The first kappa shape index (κ1) is 13.0. The Morgan fingerprint density at radius 1 is 1.44 bits per heavy atom. The molecule has 0 amide bonds. The molecule has 0 spiro atoms. The molecule has 16 heavy (non-hydrogen) atoms. The Bertz CT molecular complexity index is 310. The smallest absolute Gasteiger partial charge is 0.0393 e. The lowest BCUT2D eigenvalue weighted by Gasteiger charge is -2.22. The van der Waals surface area contributed by atoms with Gasteiger partial charge in [-0.1, -0.05) is 33.6 Å². The van der Waals surface area contributed by atoms with Crippen molar-refractivity contribution in [2.75, 3.05) is 5.73 Å². The lowest BCUT2D eigenvalue weighted by Crippen LogP contribution is -2.28. The molecule has 0 bridgehead atoms. The molecule has 0 aliphatic rings. The van der Waals surface area contributed by atoms with E-state index in [-0.39, 0.29) is 0 Å². The van der Waals surface area contributed by atoms with Crippen molar-refractivity contribution < 1.29 is 0 Å². The second-order valence-corrected chi connectivity index (χ2v) is 4.52. The second-order valence-electron chi connectivity index (χ2n) is 4.52.